The lowest BCUT2D eigenvalue weighted by molar-refractivity contribution is -0.129. The van der Waals surface area contributed by atoms with Crippen LogP contribution in [-0.2, 0) is 4.79 Å². The second-order valence-corrected chi connectivity index (χ2v) is 2.94. The molecule has 1 rings (SSSR count). The van der Waals surface area contributed by atoms with E-state index >= 15 is 0 Å². The maximum absolute atomic E-state index is 11.3. The number of hydrogen-bond donors (Lipinski definition) is 1. The molecule has 0 bridgehead atoms. The van der Waals surface area contributed by atoms with E-state index in [2.05, 4.69) is 5.32 Å². The summed E-state index contributed by atoms with van der Waals surface area (Å²) in [5.74, 6) is 0.303. The molecule has 1 aliphatic rings. The number of likely N-dealkylation sites (tertiary alicyclic amines) is 1. The van der Waals surface area contributed by atoms with E-state index < -0.39 is 0 Å². The summed E-state index contributed by atoms with van der Waals surface area (Å²) >= 11 is 0. The Hall–Kier alpha value is -0.570. The minimum Gasteiger partial charge on any atom is -0.343 e. The number of amides is 1. The Kier molecular flexibility index (Phi) is 7.69. The van der Waals surface area contributed by atoms with Gasteiger partial charge in [-0.05, 0) is 19.9 Å². The van der Waals surface area contributed by atoms with Crippen LogP contribution in [0.3, 0.4) is 0 Å². The van der Waals surface area contributed by atoms with Gasteiger partial charge in [-0.1, -0.05) is 13.8 Å². The van der Waals surface area contributed by atoms with Crippen molar-refractivity contribution in [3.63, 3.8) is 0 Å². The maximum atomic E-state index is 11.3. The first-order valence-electron chi connectivity index (χ1n) is 5.27. The van der Waals surface area contributed by atoms with Crippen molar-refractivity contribution >= 4 is 5.91 Å². The van der Waals surface area contributed by atoms with Gasteiger partial charge in [0.15, 0.2) is 0 Å². The Morgan fingerprint density at radius 3 is 2.31 bits per heavy atom. The summed E-state index contributed by atoms with van der Waals surface area (Å²) in [4.78, 5) is 13.2. The first-order valence-corrected chi connectivity index (χ1v) is 5.27. The lowest BCUT2D eigenvalue weighted by atomic mass is 10.4. The number of rotatable bonds is 3. The number of nitrogens with one attached hydrogen (secondary N) is 1. The zero-order valence-corrected chi connectivity index (χ0v) is 9.10. The van der Waals surface area contributed by atoms with E-state index in [9.17, 15) is 4.79 Å². The lowest BCUT2D eigenvalue weighted by Crippen LogP contribution is -2.29. The molecule has 0 aromatic carbocycles. The highest BCUT2D eigenvalue weighted by molar-refractivity contribution is 5.76. The van der Waals surface area contributed by atoms with Crippen molar-refractivity contribution in [3.8, 4) is 0 Å². The molecular formula is C10H22N2O. The minimum atomic E-state index is 0.303. The number of carbonyl (C=O) groups is 1. The van der Waals surface area contributed by atoms with Gasteiger partial charge in [-0.3, -0.25) is 4.79 Å². The normalized spacial score (nSPS) is 15.2. The minimum absolute atomic E-state index is 0.303. The average molecular weight is 186 g/mol. The summed E-state index contributed by atoms with van der Waals surface area (Å²) in [5.41, 5.74) is 0. The zero-order valence-electron chi connectivity index (χ0n) is 9.10. The van der Waals surface area contributed by atoms with Gasteiger partial charge in [0.25, 0.3) is 0 Å². The van der Waals surface area contributed by atoms with Crippen LogP contribution in [0.25, 0.3) is 0 Å². The molecule has 1 saturated heterocycles. The molecule has 13 heavy (non-hydrogen) atoms. The summed E-state index contributed by atoms with van der Waals surface area (Å²) < 4.78 is 0. The second kappa shape index (κ2) is 8.05. The molecule has 0 aromatic rings. The van der Waals surface area contributed by atoms with Gasteiger partial charge in [0.1, 0.15) is 0 Å². The maximum Gasteiger partial charge on any atom is 0.223 e. The summed E-state index contributed by atoms with van der Waals surface area (Å²) in [6.45, 7) is 6.75. The summed E-state index contributed by atoms with van der Waals surface area (Å²) in [6, 6.07) is 0. The van der Waals surface area contributed by atoms with Crippen LogP contribution >= 0.6 is 0 Å². The van der Waals surface area contributed by atoms with Crippen LogP contribution < -0.4 is 5.32 Å². The molecular weight excluding hydrogens is 164 g/mol. The summed E-state index contributed by atoms with van der Waals surface area (Å²) in [5, 5.41) is 2.97. The highest BCUT2D eigenvalue weighted by Gasteiger charge is 2.16. The van der Waals surface area contributed by atoms with Gasteiger partial charge in [0, 0.05) is 26.1 Å². The lowest BCUT2D eigenvalue weighted by Gasteiger charge is -2.14. The molecule has 1 aliphatic heterocycles. The van der Waals surface area contributed by atoms with Gasteiger partial charge in [-0.25, -0.2) is 0 Å². The van der Waals surface area contributed by atoms with E-state index in [0.717, 1.165) is 19.6 Å². The van der Waals surface area contributed by atoms with Gasteiger partial charge in [-0.15, -0.1) is 0 Å². The van der Waals surface area contributed by atoms with Crippen molar-refractivity contribution in [1.82, 2.24) is 10.2 Å². The predicted molar refractivity (Wildman–Crippen MR) is 55.7 cm³/mol. The Morgan fingerprint density at radius 1 is 1.31 bits per heavy atom. The molecule has 1 heterocycles. The van der Waals surface area contributed by atoms with Crippen LogP contribution in [0.4, 0.5) is 0 Å². The van der Waals surface area contributed by atoms with Crippen molar-refractivity contribution in [3.05, 3.63) is 0 Å². The molecule has 0 spiro atoms. The molecule has 0 unspecified atom stereocenters. The quantitative estimate of drug-likeness (QED) is 0.719. The molecule has 3 nitrogen and oxygen atoms in total. The van der Waals surface area contributed by atoms with Crippen LogP contribution in [-0.4, -0.2) is 37.5 Å². The monoisotopic (exact) mass is 186 g/mol. The standard InChI is InChI=1S/C8H16N2O.C2H6/c1-9-5-4-8(11)10-6-2-3-7-10;1-2/h9H,2-7H2,1H3;1-2H3. The molecule has 3 heteroatoms. The molecule has 0 saturated carbocycles. The van der Waals surface area contributed by atoms with E-state index in [1.54, 1.807) is 0 Å². The van der Waals surface area contributed by atoms with Crippen LogP contribution in [0, 0.1) is 0 Å². The molecule has 1 fully saturated rings. The molecule has 1 amide bonds. The highest BCUT2D eigenvalue weighted by Crippen LogP contribution is 2.08. The average Bonchev–Trinajstić information content (AvgIpc) is 2.70. The van der Waals surface area contributed by atoms with Crippen molar-refractivity contribution in [2.45, 2.75) is 33.1 Å². The summed E-state index contributed by atoms with van der Waals surface area (Å²) in [6.07, 6.45) is 3.02. The Morgan fingerprint density at radius 2 is 1.85 bits per heavy atom. The topological polar surface area (TPSA) is 32.3 Å². The van der Waals surface area contributed by atoms with Gasteiger partial charge in [0.05, 0.1) is 0 Å². The van der Waals surface area contributed by atoms with Gasteiger partial charge in [-0.2, -0.15) is 0 Å². The van der Waals surface area contributed by atoms with Gasteiger partial charge < -0.3 is 10.2 Å². The van der Waals surface area contributed by atoms with Crippen LogP contribution in [0.5, 0.6) is 0 Å². The summed E-state index contributed by atoms with van der Waals surface area (Å²) in [7, 11) is 1.87. The van der Waals surface area contributed by atoms with Crippen LogP contribution in [0.15, 0.2) is 0 Å². The fourth-order valence-corrected chi connectivity index (χ4v) is 1.36. The molecule has 0 radical (unpaired) electrons. The first kappa shape index (κ1) is 12.4. The number of hydrogen-bond acceptors (Lipinski definition) is 2. The van der Waals surface area contributed by atoms with Crippen molar-refractivity contribution in [2.75, 3.05) is 26.7 Å². The van der Waals surface area contributed by atoms with E-state index in [-0.39, 0.29) is 0 Å². The molecule has 1 N–H and O–H groups in total. The predicted octanol–water partition coefficient (Wildman–Crippen LogP) is 1.24. The largest absolute Gasteiger partial charge is 0.343 e. The number of nitrogens with zero attached hydrogens (tertiary/aromatic N) is 1. The van der Waals surface area contributed by atoms with Crippen LogP contribution in [0.1, 0.15) is 33.1 Å². The zero-order chi connectivity index (χ0) is 10.1. The Balaban J connectivity index is 0.000000671. The second-order valence-electron chi connectivity index (χ2n) is 2.94. The smallest absolute Gasteiger partial charge is 0.223 e. The molecule has 0 atom stereocenters. The van der Waals surface area contributed by atoms with Gasteiger partial charge >= 0.3 is 0 Å². The van der Waals surface area contributed by atoms with E-state index in [4.69, 9.17) is 0 Å². The van der Waals surface area contributed by atoms with E-state index in [1.165, 1.54) is 12.8 Å². The fourth-order valence-electron chi connectivity index (χ4n) is 1.36. The molecule has 0 aromatic heterocycles. The highest BCUT2D eigenvalue weighted by atomic mass is 16.2. The van der Waals surface area contributed by atoms with E-state index in [1.807, 2.05) is 25.8 Å². The first-order chi connectivity index (χ1) is 6.34. The Labute approximate surface area is 81.5 Å². The van der Waals surface area contributed by atoms with E-state index in [0.29, 0.717) is 12.3 Å². The molecule has 0 aliphatic carbocycles. The Bertz CT molecular complexity index is 131. The van der Waals surface area contributed by atoms with Crippen molar-refractivity contribution in [1.29, 1.82) is 0 Å². The van der Waals surface area contributed by atoms with Crippen molar-refractivity contribution in [2.24, 2.45) is 0 Å². The van der Waals surface area contributed by atoms with Crippen LogP contribution in [0.2, 0.25) is 0 Å². The third-order valence-corrected chi connectivity index (χ3v) is 2.05. The third kappa shape index (κ3) is 4.88. The van der Waals surface area contributed by atoms with Gasteiger partial charge in [0.2, 0.25) is 5.91 Å². The fraction of sp³-hybridized carbons (Fsp3) is 0.900. The number of carbonyl (C=O) groups excluding carboxylic acids is 1. The third-order valence-electron chi connectivity index (χ3n) is 2.05. The molecule has 78 valence electrons. The van der Waals surface area contributed by atoms with Crippen molar-refractivity contribution < 1.29 is 4.79 Å². The SMILES string of the molecule is CC.CNCCC(=O)N1CCCC1.